The maximum absolute atomic E-state index is 2.45. The summed E-state index contributed by atoms with van der Waals surface area (Å²) in [7, 11) is 0. The number of hydrogen-bond acceptors (Lipinski definition) is 0. The van der Waals surface area contributed by atoms with Gasteiger partial charge in [-0.3, -0.25) is 0 Å². The molecule has 45 valence electrons. The molecule has 0 nitrogen and oxygen atoms in total. The number of unbranched alkanes of at least 4 members (excludes halogenated alkanes) is 3. The summed E-state index contributed by atoms with van der Waals surface area (Å²) in [5.74, 6) is 0. The van der Waals surface area contributed by atoms with Gasteiger partial charge in [0.15, 0.2) is 0 Å². The van der Waals surface area contributed by atoms with Gasteiger partial charge in [-0.05, 0) is 0 Å². The van der Waals surface area contributed by atoms with Gasteiger partial charge in [0.25, 0.3) is 0 Å². The molecule has 0 aliphatic heterocycles. The van der Waals surface area contributed by atoms with Crippen LogP contribution in [0.25, 0.3) is 0 Å². The molecule has 0 aromatic rings. The van der Waals surface area contributed by atoms with Crippen molar-refractivity contribution in [1.82, 2.24) is 0 Å². The summed E-state index contributed by atoms with van der Waals surface area (Å²) in [6.45, 7) is 0. The zero-order chi connectivity index (χ0) is 6.24. The summed E-state index contributed by atoms with van der Waals surface area (Å²) in [6.07, 6.45) is 5.85. The van der Waals surface area contributed by atoms with Gasteiger partial charge in [0.2, 0.25) is 0 Å². The van der Waals surface area contributed by atoms with Crippen LogP contribution in [0.4, 0.5) is 0 Å². The molecular weight excluding hydrogens is 264 g/mol. The van der Waals surface area contributed by atoms with Gasteiger partial charge in [-0.25, -0.2) is 0 Å². The fraction of sp³-hybridized carbons (Fsp3) is 1.00. The minimum atomic E-state index is 1.34. The van der Waals surface area contributed by atoms with Crippen LogP contribution in [0.3, 0.4) is 0 Å². The molecule has 0 aromatic heterocycles. The van der Waals surface area contributed by atoms with Crippen molar-refractivity contribution in [1.29, 1.82) is 0 Å². The van der Waals surface area contributed by atoms with Crippen molar-refractivity contribution >= 4 is 22.6 Å². The molecule has 8 heavy (non-hydrogen) atoms. The molecule has 0 atom stereocenters. The Morgan fingerprint density at radius 3 is 2.12 bits per heavy atom. The van der Waals surface area contributed by atoms with E-state index in [1.54, 1.807) is 0 Å². The molecule has 0 saturated heterocycles. The van der Waals surface area contributed by atoms with Crippen molar-refractivity contribution in [3.05, 3.63) is 0 Å². The van der Waals surface area contributed by atoms with Crippen LogP contribution in [0.15, 0.2) is 0 Å². The molecule has 0 saturated carbocycles. The van der Waals surface area contributed by atoms with E-state index in [-0.39, 0.29) is 0 Å². The predicted molar refractivity (Wildman–Crippen MR) is 42.2 cm³/mol. The van der Waals surface area contributed by atoms with Gasteiger partial charge in [0.1, 0.15) is 0 Å². The topological polar surface area (TPSA) is 0 Å². The second kappa shape index (κ2) is 8.35. The molecule has 0 spiro atoms. The van der Waals surface area contributed by atoms with E-state index in [0.717, 1.165) is 0 Å². The predicted octanol–water partition coefficient (Wildman–Crippen LogP) is 2.95. The molecule has 0 N–H and O–H groups in total. The molecule has 0 aliphatic rings. The van der Waals surface area contributed by atoms with Crippen molar-refractivity contribution in [2.45, 2.75) is 30.7 Å². The first-order valence-electron chi connectivity index (χ1n) is 3.27. The zero-order valence-corrected chi connectivity index (χ0v) is 10.5. The second-order valence-corrected chi connectivity index (χ2v) is 4.52. The first-order chi connectivity index (χ1) is 3.91. The molecule has 0 aromatic carbocycles. The van der Waals surface area contributed by atoms with E-state index < -0.39 is 0 Å². The zero-order valence-electron chi connectivity index (χ0n) is 5.33. The fourth-order valence-electron chi connectivity index (χ4n) is 0.625. The van der Waals surface area contributed by atoms with E-state index in [4.69, 9.17) is 0 Å². The summed E-state index contributed by atoms with van der Waals surface area (Å²) in [6, 6.07) is 0. The molecule has 0 radical (unpaired) electrons. The third-order valence-corrected chi connectivity index (χ3v) is 2.95. The summed E-state index contributed by atoms with van der Waals surface area (Å²) in [4.78, 5) is 0. The summed E-state index contributed by atoms with van der Waals surface area (Å²) in [5, 5.41) is 1.49. The molecule has 0 amide bonds. The Labute approximate surface area is 75.6 Å². The van der Waals surface area contributed by atoms with E-state index in [1.165, 1.54) is 53.4 Å². The van der Waals surface area contributed by atoms with Crippen LogP contribution in [0.5, 0.6) is 0 Å². The monoisotopic (exact) mass is 275 g/mol. The first kappa shape index (κ1) is 9.35. The SMILES string of the molecule is [Zn][CH2]CCCCCI. The third-order valence-electron chi connectivity index (χ3n) is 1.13. The number of rotatable bonds is 5. The van der Waals surface area contributed by atoms with Crippen molar-refractivity contribution < 1.29 is 18.3 Å². The average molecular weight is 276 g/mol. The summed E-state index contributed by atoms with van der Waals surface area (Å²) in [5.41, 5.74) is 0. The van der Waals surface area contributed by atoms with Crippen molar-refractivity contribution in [3.8, 4) is 0 Å². The third kappa shape index (κ3) is 7.35. The molecular formula is C6H12IZn. The van der Waals surface area contributed by atoms with E-state index >= 15 is 0 Å². The van der Waals surface area contributed by atoms with Crippen LogP contribution in [-0.2, 0) is 18.3 Å². The molecule has 0 bridgehead atoms. The Morgan fingerprint density at radius 1 is 1.00 bits per heavy atom. The van der Waals surface area contributed by atoms with Gasteiger partial charge in [0, 0.05) is 0 Å². The van der Waals surface area contributed by atoms with Crippen molar-refractivity contribution in [2.24, 2.45) is 0 Å². The summed E-state index contributed by atoms with van der Waals surface area (Å²) < 4.78 is 1.34. The normalized spacial score (nSPS) is 9.88. The molecule has 0 aliphatic carbocycles. The fourth-order valence-corrected chi connectivity index (χ4v) is 1.91. The van der Waals surface area contributed by atoms with Crippen molar-refractivity contribution in [3.63, 3.8) is 0 Å². The molecule has 2 heteroatoms. The first-order valence-corrected chi connectivity index (χ1v) is 6.89. The Hall–Kier alpha value is 1.35. The Morgan fingerprint density at radius 2 is 1.62 bits per heavy atom. The molecule has 0 rings (SSSR count). The van der Waals surface area contributed by atoms with Crippen LogP contribution in [-0.4, -0.2) is 4.43 Å². The molecule has 0 heterocycles. The van der Waals surface area contributed by atoms with E-state index in [0.29, 0.717) is 0 Å². The number of hydrogen-bond donors (Lipinski definition) is 0. The maximum atomic E-state index is 2.45. The van der Waals surface area contributed by atoms with E-state index in [1.807, 2.05) is 0 Å². The van der Waals surface area contributed by atoms with Crippen LogP contribution >= 0.6 is 22.6 Å². The Balaban J connectivity index is 2.53. The molecule has 0 fully saturated rings. The van der Waals surface area contributed by atoms with Gasteiger partial charge >= 0.3 is 76.0 Å². The number of halogens is 1. The Kier molecular flexibility index (Phi) is 9.77. The molecule has 0 unspecified atom stereocenters. The van der Waals surface area contributed by atoms with Gasteiger partial charge in [-0.15, -0.1) is 0 Å². The second-order valence-electron chi connectivity index (χ2n) is 1.96. The van der Waals surface area contributed by atoms with Gasteiger partial charge in [-0.2, -0.15) is 0 Å². The average Bonchev–Trinajstić information content (AvgIpc) is 1.81. The van der Waals surface area contributed by atoms with Crippen LogP contribution < -0.4 is 0 Å². The van der Waals surface area contributed by atoms with E-state index in [2.05, 4.69) is 22.6 Å². The minimum absolute atomic E-state index is 1.34. The van der Waals surface area contributed by atoms with E-state index in [9.17, 15) is 0 Å². The van der Waals surface area contributed by atoms with Gasteiger partial charge in [-0.1, -0.05) is 0 Å². The number of alkyl halides is 1. The van der Waals surface area contributed by atoms with Crippen LogP contribution in [0, 0.1) is 0 Å². The summed E-state index contributed by atoms with van der Waals surface area (Å²) >= 11 is 3.94. The van der Waals surface area contributed by atoms with Gasteiger partial charge < -0.3 is 0 Å². The standard InChI is InChI=1S/C6H12I.Zn/c1-2-3-4-5-6-7;/h1-6H2;. The Bertz CT molecular complexity index is 33.5. The van der Waals surface area contributed by atoms with Crippen molar-refractivity contribution in [2.75, 3.05) is 4.43 Å². The van der Waals surface area contributed by atoms with Crippen LogP contribution in [0.2, 0.25) is 5.02 Å². The van der Waals surface area contributed by atoms with Gasteiger partial charge in [0.05, 0.1) is 0 Å². The van der Waals surface area contributed by atoms with Crippen LogP contribution in [0.1, 0.15) is 25.7 Å². The quantitative estimate of drug-likeness (QED) is 0.313.